The first kappa shape index (κ1) is 11.7. The van der Waals surface area contributed by atoms with Gasteiger partial charge in [-0.05, 0) is 24.1 Å². The Balaban J connectivity index is 2.40. The Morgan fingerprint density at radius 1 is 1.33 bits per heavy atom. The average molecular weight is 208 g/mol. The first-order valence-electron chi connectivity index (χ1n) is 5.10. The Hall–Kier alpha value is -1.35. The van der Waals surface area contributed by atoms with Gasteiger partial charge in [-0.15, -0.1) is 0 Å². The fraction of sp³-hybridized carbons (Fsp3) is 0.417. The van der Waals surface area contributed by atoms with Crippen molar-refractivity contribution in [3.8, 4) is 5.75 Å². The molecule has 1 aromatic rings. The van der Waals surface area contributed by atoms with Crippen molar-refractivity contribution in [3.63, 3.8) is 0 Å². The SMILES string of the molecule is CCCC(=O)COc1ccc(CO)cc1. The second-order valence-corrected chi connectivity index (χ2v) is 3.38. The predicted molar refractivity (Wildman–Crippen MR) is 57.8 cm³/mol. The Morgan fingerprint density at radius 3 is 2.53 bits per heavy atom. The van der Waals surface area contributed by atoms with Crippen LogP contribution in [0.1, 0.15) is 25.3 Å². The van der Waals surface area contributed by atoms with Crippen molar-refractivity contribution in [1.82, 2.24) is 0 Å². The minimum absolute atomic E-state index is 0.0229. The summed E-state index contributed by atoms with van der Waals surface area (Å²) in [5.41, 5.74) is 0.835. The van der Waals surface area contributed by atoms with Crippen LogP contribution in [0, 0.1) is 0 Å². The number of hydrogen-bond acceptors (Lipinski definition) is 3. The van der Waals surface area contributed by atoms with Gasteiger partial charge in [0.05, 0.1) is 6.61 Å². The van der Waals surface area contributed by atoms with E-state index in [9.17, 15) is 4.79 Å². The third-order valence-electron chi connectivity index (χ3n) is 2.03. The first-order chi connectivity index (χ1) is 7.26. The number of aliphatic hydroxyl groups is 1. The lowest BCUT2D eigenvalue weighted by Gasteiger charge is -2.05. The number of carbonyl (C=O) groups excluding carboxylic acids is 1. The van der Waals surface area contributed by atoms with Crippen LogP contribution in [0.2, 0.25) is 0 Å². The molecular weight excluding hydrogens is 192 g/mol. The molecule has 0 aromatic heterocycles. The van der Waals surface area contributed by atoms with Crippen LogP contribution in [0.3, 0.4) is 0 Å². The van der Waals surface area contributed by atoms with Crippen molar-refractivity contribution in [2.45, 2.75) is 26.4 Å². The zero-order valence-corrected chi connectivity index (χ0v) is 8.90. The zero-order chi connectivity index (χ0) is 11.1. The number of benzene rings is 1. The largest absolute Gasteiger partial charge is 0.486 e. The molecule has 0 bridgehead atoms. The molecule has 15 heavy (non-hydrogen) atoms. The van der Waals surface area contributed by atoms with Crippen molar-refractivity contribution in [2.75, 3.05) is 6.61 Å². The molecule has 0 radical (unpaired) electrons. The van der Waals surface area contributed by atoms with Gasteiger partial charge in [-0.1, -0.05) is 19.1 Å². The van der Waals surface area contributed by atoms with E-state index in [2.05, 4.69) is 0 Å². The number of aliphatic hydroxyl groups excluding tert-OH is 1. The lowest BCUT2D eigenvalue weighted by molar-refractivity contribution is -0.121. The molecule has 0 saturated carbocycles. The first-order valence-corrected chi connectivity index (χ1v) is 5.10. The highest BCUT2D eigenvalue weighted by Gasteiger charge is 2.01. The summed E-state index contributed by atoms with van der Waals surface area (Å²) in [6, 6.07) is 7.06. The zero-order valence-electron chi connectivity index (χ0n) is 8.90. The molecule has 0 aliphatic rings. The molecule has 0 aliphatic carbocycles. The van der Waals surface area contributed by atoms with Crippen LogP contribution >= 0.6 is 0 Å². The van der Waals surface area contributed by atoms with Gasteiger partial charge in [0, 0.05) is 6.42 Å². The normalized spacial score (nSPS) is 10.0. The van der Waals surface area contributed by atoms with Crippen molar-refractivity contribution < 1.29 is 14.6 Å². The van der Waals surface area contributed by atoms with Crippen LogP contribution < -0.4 is 4.74 Å². The van der Waals surface area contributed by atoms with Crippen molar-refractivity contribution in [1.29, 1.82) is 0 Å². The van der Waals surface area contributed by atoms with E-state index in [1.165, 1.54) is 0 Å². The molecule has 0 atom stereocenters. The lowest BCUT2D eigenvalue weighted by Crippen LogP contribution is -2.10. The van der Waals surface area contributed by atoms with E-state index >= 15 is 0 Å². The van der Waals surface area contributed by atoms with Crippen LogP contribution in [0.15, 0.2) is 24.3 Å². The van der Waals surface area contributed by atoms with Crippen LogP contribution in [0.25, 0.3) is 0 Å². The summed E-state index contributed by atoms with van der Waals surface area (Å²) in [5, 5.41) is 8.82. The summed E-state index contributed by atoms with van der Waals surface area (Å²) >= 11 is 0. The minimum Gasteiger partial charge on any atom is -0.486 e. The van der Waals surface area contributed by atoms with E-state index in [-0.39, 0.29) is 19.0 Å². The van der Waals surface area contributed by atoms with E-state index in [4.69, 9.17) is 9.84 Å². The second-order valence-electron chi connectivity index (χ2n) is 3.38. The third-order valence-corrected chi connectivity index (χ3v) is 2.03. The molecule has 1 N–H and O–H groups in total. The fourth-order valence-electron chi connectivity index (χ4n) is 1.21. The monoisotopic (exact) mass is 208 g/mol. The molecule has 82 valence electrons. The maximum Gasteiger partial charge on any atom is 0.170 e. The van der Waals surface area contributed by atoms with Crippen molar-refractivity contribution >= 4 is 5.78 Å². The number of rotatable bonds is 6. The van der Waals surface area contributed by atoms with Crippen LogP contribution in [0.4, 0.5) is 0 Å². The fourth-order valence-corrected chi connectivity index (χ4v) is 1.21. The summed E-state index contributed by atoms with van der Waals surface area (Å²) in [5.74, 6) is 0.778. The van der Waals surface area contributed by atoms with Gasteiger partial charge in [-0.3, -0.25) is 4.79 Å². The quantitative estimate of drug-likeness (QED) is 0.777. The molecule has 1 rings (SSSR count). The maximum absolute atomic E-state index is 11.2. The number of Topliss-reactive ketones (excluding diaryl/α,β-unsaturated/α-hetero) is 1. The van der Waals surface area contributed by atoms with Gasteiger partial charge in [0.15, 0.2) is 5.78 Å². The van der Waals surface area contributed by atoms with Gasteiger partial charge in [0.25, 0.3) is 0 Å². The molecule has 0 saturated heterocycles. The third kappa shape index (κ3) is 4.13. The summed E-state index contributed by atoms with van der Waals surface area (Å²) in [6.07, 6.45) is 1.42. The van der Waals surface area contributed by atoms with Gasteiger partial charge >= 0.3 is 0 Å². The summed E-state index contributed by atoms with van der Waals surface area (Å²) in [7, 11) is 0. The predicted octanol–water partition coefficient (Wildman–Crippen LogP) is 1.93. The van der Waals surface area contributed by atoms with Gasteiger partial charge in [0.2, 0.25) is 0 Å². The van der Waals surface area contributed by atoms with Gasteiger partial charge in [-0.2, -0.15) is 0 Å². The van der Waals surface area contributed by atoms with E-state index in [1.807, 2.05) is 6.92 Å². The highest BCUT2D eigenvalue weighted by atomic mass is 16.5. The molecule has 0 spiro atoms. The molecule has 3 heteroatoms. The highest BCUT2D eigenvalue weighted by molar-refractivity contribution is 5.79. The molecule has 0 heterocycles. The number of ether oxygens (including phenoxy) is 1. The minimum atomic E-state index is 0.0229. The van der Waals surface area contributed by atoms with E-state index in [1.54, 1.807) is 24.3 Å². The van der Waals surface area contributed by atoms with E-state index in [0.717, 1.165) is 12.0 Å². The smallest absolute Gasteiger partial charge is 0.170 e. The standard InChI is InChI=1S/C12H16O3/c1-2-3-11(14)9-15-12-6-4-10(8-13)5-7-12/h4-7,13H,2-3,8-9H2,1H3. The Morgan fingerprint density at radius 2 is 2.00 bits per heavy atom. The topological polar surface area (TPSA) is 46.5 Å². The molecular formula is C12H16O3. The van der Waals surface area contributed by atoms with Crippen LogP contribution in [-0.2, 0) is 11.4 Å². The molecule has 1 aromatic carbocycles. The van der Waals surface area contributed by atoms with Gasteiger partial charge in [-0.25, -0.2) is 0 Å². The Kier molecular flexibility index (Phi) is 4.84. The molecule has 0 amide bonds. The van der Waals surface area contributed by atoms with E-state index < -0.39 is 0 Å². The molecule has 0 unspecified atom stereocenters. The van der Waals surface area contributed by atoms with Crippen molar-refractivity contribution in [2.24, 2.45) is 0 Å². The van der Waals surface area contributed by atoms with Crippen LogP contribution in [0.5, 0.6) is 5.75 Å². The summed E-state index contributed by atoms with van der Waals surface area (Å²) in [4.78, 5) is 11.2. The molecule has 3 nitrogen and oxygen atoms in total. The van der Waals surface area contributed by atoms with Crippen LogP contribution in [-0.4, -0.2) is 17.5 Å². The Bertz CT molecular complexity index is 303. The van der Waals surface area contributed by atoms with E-state index in [0.29, 0.717) is 12.2 Å². The Labute approximate surface area is 89.7 Å². The maximum atomic E-state index is 11.2. The number of hydrogen-bond donors (Lipinski definition) is 1. The highest BCUT2D eigenvalue weighted by Crippen LogP contribution is 2.12. The summed E-state index contributed by atoms with van der Waals surface area (Å²) in [6.45, 7) is 2.12. The molecule has 0 aliphatic heterocycles. The van der Waals surface area contributed by atoms with Crippen molar-refractivity contribution in [3.05, 3.63) is 29.8 Å². The summed E-state index contributed by atoms with van der Waals surface area (Å²) < 4.78 is 5.29. The second kappa shape index (κ2) is 6.19. The average Bonchev–Trinajstić information content (AvgIpc) is 2.27. The number of carbonyl (C=O) groups is 1. The van der Waals surface area contributed by atoms with Gasteiger partial charge in [0.1, 0.15) is 12.4 Å². The lowest BCUT2D eigenvalue weighted by atomic mass is 10.2. The number of ketones is 1. The van der Waals surface area contributed by atoms with Gasteiger partial charge < -0.3 is 9.84 Å². The molecule has 0 fully saturated rings.